The monoisotopic (exact) mass is 136 g/mol. The van der Waals surface area contributed by atoms with Gasteiger partial charge in [0.05, 0.1) is 0 Å². The minimum atomic E-state index is 0.362. The van der Waals surface area contributed by atoms with Crippen LogP contribution in [0, 0.1) is 0 Å². The van der Waals surface area contributed by atoms with Crippen LogP contribution in [0.25, 0.3) is 0 Å². The highest BCUT2D eigenvalue weighted by Crippen LogP contribution is 2.12. The summed E-state index contributed by atoms with van der Waals surface area (Å²) in [4.78, 5) is 11.6. The number of nitrogens with zero attached hydrogens (tertiary/aromatic N) is 3. The molecule has 0 fully saturated rings. The standard InChI is InChI=1S/C6H8N4/c1-2-8-6-5(7)9-3-4-10-6/h2-4H,1H3,(H2,7,9). The second-order valence-electron chi connectivity index (χ2n) is 1.65. The first-order chi connectivity index (χ1) is 4.84. The largest absolute Gasteiger partial charge is 0.381 e. The lowest BCUT2D eigenvalue weighted by atomic mass is 10.6. The van der Waals surface area contributed by atoms with Crippen LogP contribution in [0.5, 0.6) is 0 Å². The van der Waals surface area contributed by atoms with E-state index in [1.165, 1.54) is 6.20 Å². The van der Waals surface area contributed by atoms with E-state index < -0.39 is 0 Å². The molecule has 0 aliphatic carbocycles. The molecule has 0 atom stereocenters. The van der Waals surface area contributed by atoms with Crippen LogP contribution in [0.1, 0.15) is 6.92 Å². The Morgan fingerprint density at radius 2 is 2.20 bits per heavy atom. The smallest absolute Gasteiger partial charge is 0.194 e. The molecule has 2 N–H and O–H groups in total. The third kappa shape index (κ3) is 1.28. The van der Waals surface area contributed by atoms with Crippen LogP contribution in [0.2, 0.25) is 0 Å². The van der Waals surface area contributed by atoms with Crippen molar-refractivity contribution in [3.05, 3.63) is 12.4 Å². The first-order valence-electron chi connectivity index (χ1n) is 2.89. The lowest BCUT2D eigenvalue weighted by Gasteiger charge is -1.93. The molecule has 0 amide bonds. The molecule has 0 saturated heterocycles. The van der Waals surface area contributed by atoms with E-state index in [2.05, 4.69) is 15.0 Å². The van der Waals surface area contributed by atoms with E-state index in [0.717, 1.165) is 0 Å². The molecular formula is C6H8N4. The highest BCUT2D eigenvalue weighted by Gasteiger charge is 1.93. The molecule has 0 aliphatic rings. The average Bonchev–Trinajstić information content (AvgIpc) is 1.94. The van der Waals surface area contributed by atoms with E-state index in [1.807, 2.05) is 0 Å². The van der Waals surface area contributed by atoms with Gasteiger partial charge in [0.15, 0.2) is 11.6 Å². The van der Waals surface area contributed by atoms with Crippen molar-refractivity contribution in [2.45, 2.75) is 6.92 Å². The number of hydrogen-bond donors (Lipinski definition) is 1. The summed E-state index contributed by atoms with van der Waals surface area (Å²) < 4.78 is 0. The molecule has 4 heteroatoms. The third-order valence-corrected chi connectivity index (χ3v) is 0.958. The summed E-state index contributed by atoms with van der Waals surface area (Å²) in [7, 11) is 0. The Morgan fingerprint density at radius 1 is 1.50 bits per heavy atom. The highest BCUT2D eigenvalue weighted by atomic mass is 15.0. The van der Waals surface area contributed by atoms with Crippen LogP contribution in [-0.4, -0.2) is 16.2 Å². The Bertz CT molecular complexity index is 243. The molecule has 0 aliphatic heterocycles. The minimum absolute atomic E-state index is 0.362. The molecule has 0 aromatic carbocycles. The second-order valence-corrected chi connectivity index (χ2v) is 1.65. The number of anilines is 1. The number of rotatable bonds is 1. The van der Waals surface area contributed by atoms with Crippen LogP contribution >= 0.6 is 0 Å². The molecular weight excluding hydrogens is 128 g/mol. The molecule has 4 nitrogen and oxygen atoms in total. The molecule has 0 unspecified atom stereocenters. The predicted octanol–water partition coefficient (Wildman–Crippen LogP) is 0.781. The maximum Gasteiger partial charge on any atom is 0.194 e. The van der Waals surface area contributed by atoms with Gasteiger partial charge in [-0.2, -0.15) is 0 Å². The van der Waals surface area contributed by atoms with Gasteiger partial charge in [0, 0.05) is 18.6 Å². The van der Waals surface area contributed by atoms with Crippen molar-refractivity contribution in [2.24, 2.45) is 4.99 Å². The topological polar surface area (TPSA) is 64.2 Å². The molecule has 1 rings (SSSR count). The molecule has 52 valence electrons. The molecule has 10 heavy (non-hydrogen) atoms. The van der Waals surface area contributed by atoms with Gasteiger partial charge in [-0.25, -0.2) is 15.0 Å². The van der Waals surface area contributed by atoms with Crippen molar-refractivity contribution >= 4 is 17.9 Å². The average molecular weight is 136 g/mol. The quantitative estimate of drug-likeness (QED) is 0.580. The molecule has 1 heterocycles. The fourth-order valence-corrected chi connectivity index (χ4v) is 0.563. The maximum absolute atomic E-state index is 5.42. The number of aromatic nitrogens is 2. The summed E-state index contributed by atoms with van der Waals surface area (Å²) in [5.74, 6) is 0.839. The Labute approximate surface area is 58.8 Å². The van der Waals surface area contributed by atoms with Gasteiger partial charge in [0.2, 0.25) is 0 Å². The molecule has 0 bridgehead atoms. The van der Waals surface area contributed by atoms with Crippen molar-refractivity contribution in [2.75, 3.05) is 5.73 Å². The van der Waals surface area contributed by atoms with E-state index in [0.29, 0.717) is 11.6 Å². The van der Waals surface area contributed by atoms with E-state index in [-0.39, 0.29) is 0 Å². The zero-order valence-corrected chi connectivity index (χ0v) is 5.65. The van der Waals surface area contributed by atoms with Crippen LogP contribution in [0.3, 0.4) is 0 Å². The van der Waals surface area contributed by atoms with Gasteiger partial charge in [-0.15, -0.1) is 0 Å². The summed E-state index contributed by atoms with van der Waals surface area (Å²) in [5.41, 5.74) is 5.42. The molecule has 0 spiro atoms. The number of nitrogens with two attached hydrogens (primary N) is 1. The lowest BCUT2D eigenvalue weighted by Crippen LogP contribution is -1.90. The highest BCUT2D eigenvalue weighted by molar-refractivity contribution is 5.63. The van der Waals surface area contributed by atoms with Crippen molar-refractivity contribution in [1.29, 1.82) is 0 Å². The van der Waals surface area contributed by atoms with E-state index in [4.69, 9.17) is 5.73 Å². The van der Waals surface area contributed by atoms with E-state index in [9.17, 15) is 0 Å². The van der Waals surface area contributed by atoms with Gasteiger partial charge < -0.3 is 5.73 Å². The third-order valence-electron chi connectivity index (χ3n) is 0.958. The van der Waals surface area contributed by atoms with Gasteiger partial charge >= 0.3 is 0 Å². The zero-order chi connectivity index (χ0) is 7.40. The molecule has 0 saturated carbocycles. The fraction of sp³-hybridized carbons (Fsp3) is 0.167. The van der Waals surface area contributed by atoms with Gasteiger partial charge in [0.25, 0.3) is 0 Å². The van der Waals surface area contributed by atoms with E-state index in [1.54, 1.807) is 19.3 Å². The van der Waals surface area contributed by atoms with Crippen LogP contribution in [0.15, 0.2) is 17.4 Å². The van der Waals surface area contributed by atoms with Gasteiger partial charge in [0.1, 0.15) is 0 Å². The molecule has 1 aromatic heterocycles. The maximum atomic E-state index is 5.42. The second kappa shape index (κ2) is 2.91. The Balaban J connectivity index is 3.03. The number of nitrogen functional groups attached to an aromatic ring is 1. The lowest BCUT2D eigenvalue weighted by molar-refractivity contribution is 1.19. The van der Waals surface area contributed by atoms with Crippen molar-refractivity contribution in [3.8, 4) is 0 Å². The fourth-order valence-electron chi connectivity index (χ4n) is 0.563. The molecule has 1 aromatic rings. The minimum Gasteiger partial charge on any atom is -0.381 e. The van der Waals surface area contributed by atoms with Crippen LogP contribution in [0.4, 0.5) is 11.6 Å². The SMILES string of the molecule is CC=Nc1nccnc1N. The summed E-state index contributed by atoms with van der Waals surface area (Å²) >= 11 is 0. The number of hydrogen-bond acceptors (Lipinski definition) is 4. The predicted molar refractivity (Wildman–Crippen MR) is 40.3 cm³/mol. The van der Waals surface area contributed by atoms with Crippen LogP contribution in [-0.2, 0) is 0 Å². The van der Waals surface area contributed by atoms with Crippen molar-refractivity contribution < 1.29 is 0 Å². The van der Waals surface area contributed by atoms with Crippen molar-refractivity contribution in [1.82, 2.24) is 9.97 Å². The normalized spacial score (nSPS) is 10.5. The van der Waals surface area contributed by atoms with Gasteiger partial charge in [-0.05, 0) is 6.92 Å². The first kappa shape index (κ1) is 6.67. The van der Waals surface area contributed by atoms with E-state index >= 15 is 0 Å². The summed E-state index contributed by atoms with van der Waals surface area (Å²) in [6.07, 6.45) is 4.71. The summed E-state index contributed by atoms with van der Waals surface area (Å²) in [5, 5.41) is 0. The van der Waals surface area contributed by atoms with Crippen molar-refractivity contribution in [3.63, 3.8) is 0 Å². The van der Waals surface area contributed by atoms with Gasteiger partial charge in [-0.1, -0.05) is 0 Å². The Hall–Kier alpha value is -1.45. The first-order valence-corrected chi connectivity index (χ1v) is 2.89. The Kier molecular flexibility index (Phi) is 1.94. The van der Waals surface area contributed by atoms with Crippen LogP contribution < -0.4 is 5.73 Å². The summed E-state index contributed by atoms with van der Waals surface area (Å²) in [6.45, 7) is 1.80. The van der Waals surface area contributed by atoms with Gasteiger partial charge in [-0.3, -0.25) is 0 Å². The summed E-state index contributed by atoms with van der Waals surface area (Å²) in [6, 6.07) is 0. The Morgan fingerprint density at radius 3 is 2.80 bits per heavy atom. The number of aliphatic imine (C=N–C) groups is 1. The molecule has 0 radical (unpaired) electrons. The zero-order valence-electron chi connectivity index (χ0n) is 5.65.